The number of aromatic nitrogens is 3. The van der Waals surface area contributed by atoms with Crippen LogP contribution in [0.1, 0.15) is 12.5 Å². The van der Waals surface area contributed by atoms with Gasteiger partial charge in [-0.15, -0.1) is 10.2 Å². The molecule has 1 aliphatic heterocycles. The minimum Gasteiger partial charge on any atom is -0.288 e. The largest absolute Gasteiger partial charge is 0.288 e. The molecule has 18 heavy (non-hydrogen) atoms. The number of nitrogens with zero attached hydrogens (tertiary/aromatic N) is 4. The Balaban J connectivity index is 2.02. The first-order valence-corrected chi connectivity index (χ1v) is 7.12. The van der Waals surface area contributed by atoms with E-state index in [1.807, 2.05) is 0 Å². The molecule has 0 atom stereocenters. The molecule has 0 saturated heterocycles. The van der Waals surface area contributed by atoms with Gasteiger partial charge in [0.25, 0.3) is 0 Å². The topological polar surface area (TPSA) is 34.0 Å². The fourth-order valence-corrected chi connectivity index (χ4v) is 3.06. The molecule has 94 valence electrons. The molecule has 4 nitrogen and oxygen atoms in total. The van der Waals surface area contributed by atoms with Gasteiger partial charge in [0.15, 0.2) is 11.0 Å². The Kier molecular flexibility index (Phi) is 3.09. The van der Waals surface area contributed by atoms with Gasteiger partial charge in [-0.1, -0.05) is 42.4 Å². The fraction of sp³-hybridized carbons (Fsp3) is 0.385. The van der Waals surface area contributed by atoms with Crippen molar-refractivity contribution in [2.24, 2.45) is 0 Å². The predicted molar refractivity (Wildman–Crippen MR) is 73.3 cm³/mol. The lowest BCUT2D eigenvalue weighted by atomic mass is 10.1. The van der Waals surface area contributed by atoms with Crippen molar-refractivity contribution in [1.82, 2.24) is 19.7 Å². The molecule has 0 aliphatic carbocycles. The Morgan fingerprint density at radius 2 is 2.22 bits per heavy atom. The maximum atomic E-state index is 4.34. The van der Waals surface area contributed by atoms with Crippen LogP contribution in [0.4, 0.5) is 0 Å². The molecule has 0 bridgehead atoms. The van der Waals surface area contributed by atoms with Crippen LogP contribution in [0.2, 0.25) is 0 Å². The highest BCUT2D eigenvalue weighted by Crippen LogP contribution is 2.28. The van der Waals surface area contributed by atoms with Crippen molar-refractivity contribution >= 4 is 11.8 Å². The molecular weight excluding hydrogens is 244 g/mol. The van der Waals surface area contributed by atoms with Gasteiger partial charge in [-0.2, -0.15) is 0 Å². The molecule has 0 fully saturated rings. The van der Waals surface area contributed by atoms with Gasteiger partial charge in [0.05, 0.1) is 12.5 Å². The maximum Gasteiger partial charge on any atom is 0.193 e. The van der Waals surface area contributed by atoms with E-state index in [9.17, 15) is 0 Å². The predicted octanol–water partition coefficient (Wildman–Crippen LogP) is 2.60. The Morgan fingerprint density at radius 1 is 1.33 bits per heavy atom. The lowest BCUT2D eigenvalue weighted by Gasteiger charge is -2.26. The van der Waals surface area contributed by atoms with Crippen LogP contribution in [-0.4, -0.2) is 32.1 Å². The summed E-state index contributed by atoms with van der Waals surface area (Å²) in [7, 11) is 0. The van der Waals surface area contributed by atoms with Gasteiger partial charge in [0.2, 0.25) is 0 Å². The SMILES string of the molecule is CCN1CSc2nnc(-c3cccc(C)c3)n2C1. The normalized spacial score (nSPS) is 15.7. The lowest BCUT2D eigenvalue weighted by Crippen LogP contribution is -2.30. The highest BCUT2D eigenvalue weighted by molar-refractivity contribution is 7.99. The maximum absolute atomic E-state index is 4.34. The van der Waals surface area contributed by atoms with Crippen molar-refractivity contribution in [1.29, 1.82) is 0 Å². The zero-order chi connectivity index (χ0) is 12.5. The summed E-state index contributed by atoms with van der Waals surface area (Å²) >= 11 is 1.76. The molecule has 5 heteroatoms. The molecular formula is C13H16N4S. The van der Waals surface area contributed by atoms with Crippen LogP contribution in [0.15, 0.2) is 29.4 Å². The average molecular weight is 260 g/mol. The zero-order valence-electron chi connectivity index (χ0n) is 10.6. The molecule has 1 aromatic heterocycles. The van der Waals surface area contributed by atoms with E-state index in [1.165, 1.54) is 5.56 Å². The van der Waals surface area contributed by atoms with Crippen LogP contribution in [-0.2, 0) is 6.67 Å². The summed E-state index contributed by atoms with van der Waals surface area (Å²) in [4.78, 5) is 2.38. The van der Waals surface area contributed by atoms with E-state index >= 15 is 0 Å². The van der Waals surface area contributed by atoms with E-state index in [0.717, 1.165) is 35.6 Å². The van der Waals surface area contributed by atoms with E-state index in [1.54, 1.807) is 11.8 Å². The second-order valence-electron chi connectivity index (χ2n) is 4.51. The smallest absolute Gasteiger partial charge is 0.193 e. The third-order valence-corrected chi connectivity index (χ3v) is 4.21. The van der Waals surface area contributed by atoms with Crippen LogP contribution < -0.4 is 0 Å². The van der Waals surface area contributed by atoms with Crippen molar-refractivity contribution in [3.8, 4) is 11.4 Å². The molecule has 1 aromatic carbocycles. The molecule has 1 aliphatic rings. The van der Waals surface area contributed by atoms with E-state index in [4.69, 9.17) is 0 Å². The summed E-state index contributed by atoms with van der Waals surface area (Å²) in [5.41, 5.74) is 2.40. The second kappa shape index (κ2) is 4.74. The standard InChI is InChI=1S/C13H16N4S/c1-3-16-8-17-12(14-15-13(17)18-9-16)11-6-4-5-10(2)7-11/h4-7H,3,8-9H2,1-2H3. The van der Waals surface area contributed by atoms with Crippen molar-refractivity contribution in [2.45, 2.75) is 25.7 Å². The molecule has 0 saturated carbocycles. The number of rotatable bonds is 2. The van der Waals surface area contributed by atoms with Crippen LogP contribution in [0.25, 0.3) is 11.4 Å². The molecule has 2 heterocycles. The van der Waals surface area contributed by atoms with Crippen LogP contribution >= 0.6 is 11.8 Å². The number of fused-ring (bicyclic) bond motifs is 1. The highest BCUT2D eigenvalue weighted by atomic mass is 32.2. The van der Waals surface area contributed by atoms with Gasteiger partial charge in [-0.3, -0.25) is 9.47 Å². The summed E-state index contributed by atoms with van der Waals surface area (Å²) in [5.74, 6) is 1.97. The van der Waals surface area contributed by atoms with Gasteiger partial charge in [-0.05, 0) is 19.5 Å². The molecule has 0 radical (unpaired) electrons. The number of thioether (sulfide) groups is 1. The zero-order valence-corrected chi connectivity index (χ0v) is 11.4. The van der Waals surface area contributed by atoms with E-state index in [2.05, 4.69) is 57.8 Å². The molecule has 0 unspecified atom stereocenters. The molecule has 2 aromatic rings. The highest BCUT2D eigenvalue weighted by Gasteiger charge is 2.21. The molecule has 0 amide bonds. The number of benzene rings is 1. The van der Waals surface area contributed by atoms with Crippen LogP contribution in [0.3, 0.4) is 0 Å². The van der Waals surface area contributed by atoms with Gasteiger partial charge in [0, 0.05) is 5.56 Å². The third kappa shape index (κ3) is 2.04. The fourth-order valence-electron chi connectivity index (χ4n) is 2.10. The summed E-state index contributed by atoms with van der Waals surface area (Å²) in [6, 6.07) is 8.43. The van der Waals surface area contributed by atoms with Gasteiger partial charge in [0.1, 0.15) is 0 Å². The second-order valence-corrected chi connectivity index (χ2v) is 5.42. The Labute approximate surface area is 111 Å². The summed E-state index contributed by atoms with van der Waals surface area (Å²) in [6.45, 7) is 6.22. The quantitative estimate of drug-likeness (QED) is 0.831. The Morgan fingerprint density at radius 3 is 3.00 bits per heavy atom. The monoisotopic (exact) mass is 260 g/mol. The van der Waals surface area contributed by atoms with Crippen LogP contribution in [0, 0.1) is 6.92 Å². The van der Waals surface area contributed by atoms with Crippen LogP contribution in [0.5, 0.6) is 0 Å². The van der Waals surface area contributed by atoms with Crippen molar-refractivity contribution in [3.05, 3.63) is 29.8 Å². The lowest BCUT2D eigenvalue weighted by molar-refractivity contribution is 0.252. The van der Waals surface area contributed by atoms with E-state index < -0.39 is 0 Å². The van der Waals surface area contributed by atoms with Gasteiger partial charge < -0.3 is 0 Å². The summed E-state index contributed by atoms with van der Waals surface area (Å²) in [5, 5.41) is 9.65. The third-order valence-electron chi connectivity index (χ3n) is 3.16. The summed E-state index contributed by atoms with van der Waals surface area (Å²) in [6.07, 6.45) is 0. The number of hydrogen-bond donors (Lipinski definition) is 0. The average Bonchev–Trinajstić information content (AvgIpc) is 2.81. The summed E-state index contributed by atoms with van der Waals surface area (Å²) < 4.78 is 2.20. The van der Waals surface area contributed by atoms with E-state index in [0.29, 0.717) is 0 Å². The Hall–Kier alpha value is -1.33. The van der Waals surface area contributed by atoms with Gasteiger partial charge in [-0.25, -0.2) is 0 Å². The minimum absolute atomic E-state index is 0.884. The first-order valence-electron chi connectivity index (χ1n) is 6.13. The Bertz CT molecular complexity index is 564. The van der Waals surface area contributed by atoms with Crippen molar-refractivity contribution in [3.63, 3.8) is 0 Å². The molecule has 3 rings (SSSR count). The van der Waals surface area contributed by atoms with Gasteiger partial charge >= 0.3 is 0 Å². The van der Waals surface area contributed by atoms with E-state index in [-0.39, 0.29) is 0 Å². The minimum atomic E-state index is 0.884. The van der Waals surface area contributed by atoms with Crippen molar-refractivity contribution in [2.75, 3.05) is 12.4 Å². The van der Waals surface area contributed by atoms with Crippen molar-refractivity contribution < 1.29 is 0 Å². The number of hydrogen-bond acceptors (Lipinski definition) is 4. The first kappa shape index (κ1) is 11.7. The number of aryl methyl sites for hydroxylation is 1. The molecule has 0 N–H and O–H groups in total. The first-order chi connectivity index (χ1) is 8.78. The molecule has 0 spiro atoms.